The van der Waals surface area contributed by atoms with Crippen LogP contribution in [0.2, 0.25) is 0 Å². The molecule has 0 fully saturated rings. The van der Waals surface area contributed by atoms with Crippen LogP contribution in [0.1, 0.15) is 54.2 Å². The van der Waals surface area contributed by atoms with E-state index in [4.69, 9.17) is 19.2 Å². The summed E-state index contributed by atoms with van der Waals surface area (Å²) >= 11 is 1.20. The fourth-order valence-corrected chi connectivity index (χ4v) is 5.36. The summed E-state index contributed by atoms with van der Waals surface area (Å²) < 4.78 is 18.4. The number of aromatic carboxylic acids is 1. The smallest absolute Gasteiger partial charge is 0.338 e. The van der Waals surface area contributed by atoms with Crippen molar-refractivity contribution in [1.29, 1.82) is 0 Å². The molecule has 0 saturated carbocycles. The highest BCUT2D eigenvalue weighted by Gasteiger charge is 2.36. The maximum absolute atomic E-state index is 13.9. The van der Waals surface area contributed by atoms with Gasteiger partial charge in [0.25, 0.3) is 5.56 Å². The van der Waals surface area contributed by atoms with Crippen LogP contribution in [0, 0.1) is 0 Å². The number of carboxylic acid groups (broad SMARTS) is 1. The van der Waals surface area contributed by atoms with Crippen LogP contribution in [-0.4, -0.2) is 42.4 Å². The second kappa shape index (κ2) is 11.5. The van der Waals surface area contributed by atoms with Crippen LogP contribution in [0.3, 0.4) is 0 Å². The first-order chi connectivity index (χ1) is 18.3. The quantitative estimate of drug-likeness (QED) is 0.417. The average molecular weight is 537 g/mol. The minimum Gasteiger partial charge on any atom is -0.497 e. The molecular formula is C28H28N2O7S. The third-order valence-corrected chi connectivity index (χ3v) is 7.06. The highest BCUT2D eigenvalue weighted by molar-refractivity contribution is 7.07. The predicted molar refractivity (Wildman–Crippen MR) is 143 cm³/mol. The number of rotatable bonds is 9. The number of aromatic nitrogens is 1. The summed E-state index contributed by atoms with van der Waals surface area (Å²) in [7, 11) is 3.06. The van der Waals surface area contributed by atoms with Crippen molar-refractivity contribution < 1.29 is 28.9 Å². The van der Waals surface area contributed by atoms with Gasteiger partial charge >= 0.3 is 11.9 Å². The number of allylic oxidation sites excluding steroid dienone is 1. The number of esters is 1. The molecule has 4 rings (SSSR count). The lowest BCUT2D eigenvalue weighted by Gasteiger charge is -2.27. The standard InChI is InChI=1S/C28H28N2O7S/c1-5-7-20-23(27(34)37-6-2)24(19-15-18(35-3)12-13-21(19)36-4)30-25(31)22(38-28(30)29-20)14-16-8-10-17(11-9-16)26(32)33/h8-15,24H,5-7H2,1-4H3,(H,32,33)/b22-14-/t24-/m0/s1. The lowest BCUT2D eigenvalue weighted by molar-refractivity contribution is -0.139. The van der Waals surface area contributed by atoms with Gasteiger partial charge in [0.15, 0.2) is 4.80 Å². The average Bonchev–Trinajstić information content (AvgIpc) is 3.22. The Morgan fingerprint density at radius 2 is 1.84 bits per heavy atom. The Bertz CT molecular complexity index is 1580. The van der Waals surface area contributed by atoms with E-state index in [1.165, 1.54) is 42.3 Å². The number of carbonyl (C=O) groups excluding carboxylic acids is 1. The van der Waals surface area contributed by atoms with E-state index < -0.39 is 18.0 Å². The molecule has 1 N–H and O–H groups in total. The Morgan fingerprint density at radius 3 is 2.45 bits per heavy atom. The predicted octanol–water partition coefficient (Wildman–Crippen LogP) is 3.29. The molecule has 0 unspecified atom stereocenters. The van der Waals surface area contributed by atoms with Crippen molar-refractivity contribution in [3.63, 3.8) is 0 Å². The van der Waals surface area contributed by atoms with Gasteiger partial charge in [-0.15, -0.1) is 0 Å². The lowest BCUT2D eigenvalue weighted by Crippen LogP contribution is -2.40. The van der Waals surface area contributed by atoms with Gasteiger partial charge in [-0.05, 0) is 55.3 Å². The molecule has 0 amide bonds. The van der Waals surface area contributed by atoms with Gasteiger partial charge in [-0.25, -0.2) is 14.6 Å². The molecule has 10 heteroatoms. The van der Waals surface area contributed by atoms with E-state index >= 15 is 0 Å². The number of nitrogens with zero attached hydrogens (tertiary/aromatic N) is 2. The molecule has 38 heavy (non-hydrogen) atoms. The van der Waals surface area contributed by atoms with Crippen molar-refractivity contribution in [3.8, 4) is 11.5 Å². The van der Waals surface area contributed by atoms with Crippen molar-refractivity contribution in [1.82, 2.24) is 4.57 Å². The summed E-state index contributed by atoms with van der Waals surface area (Å²) in [5, 5.41) is 9.18. The van der Waals surface area contributed by atoms with Gasteiger partial charge in [0.1, 0.15) is 17.5 Å². The molecule has 0 radical (unpaired) electrons. The number of carboxylic acids is 1. The van der Waals surface area contributed by atoms with Gasteiger partial charge in [-0.2, -0.15) is 0 Å². The van der Waals surface area contributed by atoms with E-state index in [0.29, 0.717) is 44.1 Å². The van der Waals surface area contributed by atoms with E-state index in [9.17, 15) is 19.5 Å². The van der Waals surface area contributed by atoms with Gasteiger partial charge in [0, 0.05) is 5.56 Å². The van der Waals surface area contributed by atoms with Crippen molar-refractivity contribution in [2.45, 2.75) is 32.7 Å². The molecule has 9 nitrogen and oxygen atoms in total. The number of hydrogen-bond donors (Lipinski definition) is 1. The molecule has 0 bridgehead atoms. The van der Waals surface area contributed by atoms with E-state index in [0.717, 1.165) is 6.42 Å². The van der Waals surface area contributed by atoms with Gasteiger partial charge in [-0.1, -0.05) is 36.8 Å². The zero-order chi connectivity index (χ0) is 27.4. The fraction of sp³-hybridized carbons (Fsp3) is 0.286. The summed E-state index contributed by atoms with van der Waals surface area (Å²) in [6, 6.07) is 10.6. The molecule has 0 spiro atoms. The monoisotopic (exact) mass is 536 g/mol. The Kier molecular flexibility index (Phi) is 8.11. The van der Waals surface area contributed by atoms with Crippen molar-refractivity contribution >= 4 is 29.4 Å². The van der Waals surface area contributed by atoms with Crippen LogP contribution in [-0.2, 0) is 9.53 Å². The van der Waals surface area contributed by atoms with Crippen LogP contribution in [0.5, 0.6) is 11.5 Å². The summed E-state index contributed by atoms with van der Waals surface area (Å²) in [6.07, 6.45) is 2.93. The van der Waals surface area contributed by atoms with Gasteiger partial charge in [0.2, 0.25) is 0 Å². The third kappa shape index (κ3) is 5.12. The topological polar surface area (TPSA) is 116 Å². The molecule has 198 valence electrons. The highest BCUT2D eigenvalue weighted by atomic mass is 32.1. The van der Waals surface area contributed by atoms with Gasteiger partial charge in [0.05, 0.1) is 42.2 Å². The number of methoxy groups -OCH3 is 2. The zero-order valence-corrected chi connectivity index (χ0v) is 22.3. The second-order valence-electron chi connectivity index (χ2n) is 8.45. The Hall–Kier alpha value is -4.18. The molecule has 1 atom stereocenters. The van der Waals surface area contributed by atoms with Crippen LogP contribution in [0.25, 0.3) is 6.08 Å². The maximum Gasteiger partial charge on any atom is 0.338 e. The first-order valence-corrected chi connectivity index (χ1v) is 12.9. The summed E-state index contributed by atoms with van der Waals surface area (Å²) in [6.45, 7) is 3.88. The van der Waals surface area contributed by atoms with E-state index in [1.54, 1.807) is 43.3 Å². The molecule has 3 aromatic rings. The molecule has 1 aliphatic heterocycles. The van der Waals surface area contributed by atoms with Crippen molar-refractivity contribution in [3.05, 3.63) is 90.1 Å². The number of benzene rings is 2. The first kappa shape index (κ1) is 26.9. The number of carbonyl (C=O) groups is 2. The fourth-order valence-electron chi connectivity index (χ4n) is 4.34. The number of hydrogen-bond acceptors (Lipinski definition) is 8. The molecule has 2 heterocycles. The van der Waals surface area contributed by atoms with Gasteiger partial charge < -0.3 is 19.3 Å². The number of thiazole rings is 1. The summed E-state index contributed by atoms with van der Waals surface area (Å²) in [5.74, 6) is -0.556. The second-order valence-corrected chi connectivity index (χ2v) is 9.46. The zero-order valence-electron chi connectivity index (χ0n) is 21.5. The maximum atomic E-state index is 13.9. The molecular weight excluding hydrogens is 508 g/mol. The van der Waals surface area contributed by atoms with Crippen LogP contribution >= 0.6 is 11.3 Å². The van der Waals surface area contributed by atoms with Crippen molar-refractivity contribution in [2.24, 2.45) is 4.99 Å². The molecule has 2 aromatic carbocycles. The van der Waals surface area contributed by atoms with E-state index in [1.807, 2.05) is 6.92 Å². The molecule has 0 saturated heterocycles. The Labute approximate surface area is 222 Å². The summed E-state index contributed by atoms with van der Waals surface area (Å²) in [5.41, 5.74) is 1.87. The normalized spacial score (nSPS) is 15.1. The highest BCUT2D eigenvalue weighted by Crippen LogP contribution is 2.38. The molecule has 0 aliphatic carbocycles. The molecule has 1 aromatic heterocycles. The van der Waals surface area contributed by atoms with Crippen LogP contribution in [0.4, 0.5) is 0 Å². The third-order valence-electron chi connectivity index (χ3n) is 6.08. The largest absolute Gasteiger partial charge is 0.497 e. The number of ether oxygens (including phenoxy) is 3. The van der Waals surface area contributed by atoms with Crippen LogP contribution < -0.4 is 24.4 Å². The summed E-state index contributed by atoms with van der Waals surface area (Å²) in [4.78, 5) is 43.6. The minimum atomic E-state index is -1.03. The van der Waals surface area contributed by atoms with E-state index in [2.05, 4.69) is 0 Å². The number of fused-ring (bicyclic) bond motifs is 1. The first-order valence-electron chi connectivity index (χ1n) is 12.1. The van der Waals surface area contributed by atoms with Crippen molar-refractivity contribution in [2.75, 3.05) is 20.8 Å². The Balaban J connectivity index is 2.01. The van der Waals surface area contributed by atoms with Gasteiger partial charge in [-0.3, -0.25) is 9.36 Å². The Morgan fingerprint density at radius 1 is 1.11 bits per heavy atom. The van der Waals surface area contributed by atoms with Crippen LogP contribution in [0.15, 0.2) is 63.5 Å². The lowest BCUT2D eigenvalue weighted by atomic mass is 9.93. The SMILES string of the molecule is CCCC1=C(C(=O)OCC)[C@H](c2cc(OC)ccc2OC)n2c(s/c(=C\c3ccc(C(=O)O)cc3)c2=O)=N1. The van der Waals surface area contributed by atoms with E-state index in [-0.39, 0.29) is 23.3 Å². The molecule has 1 aliphatic rings. The minimum absolute atomic E-state index is 0.150.